The van der Waals surface area contributed by atoms with Crippen LogP contribution in [0.1, 0.15) is 29.8 Å². The van der Waals surface area contributed by atoms with E-state index in [2.05, 4.69) is 10.4 Å². The van der Waals surface area contributed by atoms with Gasteiger partial charge in [0.05, 0.1) is 11.4 Å². The Kier molecular flexibility index (Phi) is 5.94. The number of quaternary nitrogens is 1. The van der Waals surface area contributed by atoms with Gasteiger partial charge in [-0.2, -0.15) is 5.10 Å². The number of amides is 1. The summed E-state index contributed by atoms with van der Waals surface area (Å²) < 4.78 is 1.75. The van der Waals surface area contributed by atoms with Crippen molar-refractivity contribution in [3.05, 3.63) is 76.4 Å². The zero-order valence-corrected chi connectivity index (χ0v) is 16.5. The van der Waals surface area contributed by atoms with Gasteiger partial charge in [0.25, 0.3) is 5.91 Å². The highest BCUT2D eigenvalue weighted by Crippen LogP contribution is 2.20. The monoisotopic (exact) mass is 383 g/mol. The number of rotatable bonds is 6. The summed E-state index contributed by atoms with van der Waals surface area (Å²) in [6, 6.07) is 17.7. The Hall–Kier alpha value is -2.63. The number of carbonyl (C=O) groups excluding carboxylic acids is 1. The van der Waals surface area contributed by atoms with Gasteiger partial charge in [0.2, 0.25) is 0 Å². The minimum Gasteiger partial charge on any atom is -0.332 e. The van der Waals surface area contributed by atoms with Crippen molar-refractivity contribution in [3.63, 3.8) is 0 Å². The number of hydrogen-bond donors (Lipinski definition) is 2. The van der Waals surface area contributed by atoms with E-state index in [9.17, 15) is 4.79 Å². The summed E-state index contributed by atoms with van der Waals surface area (Å²) in [7, 11) is 0. The van der Waals surface area contributed by atoms with E-state index >= 15 is 0 Å². The van der Waals surface area contributed by atoms with Crippen LogP contribution in [0.25, 0.3) is 5.69 Å². The summed E-state index contributed by atoms with van der Waals surface area (Å²) >= 11 is 6.23. The fourth-order valence-corrected chi connectivity index (χ4v) is 3.23. The van der Waals surface area contributed by atoms with E-state index in [0.717, 1.165) is 22.0 Å². The molecule has 6 heteroatoms. The van der Waals surface area contributed by atoms with E-state index in [1.165, 1.54) is 5.56 Å². The number of benzene rings is 2. The van der Waals surface area contributed by atoms with Crippen LogP contribution in [-0.2, 0) is 4.79 Å². The fraction of sp³-hybridized carbons (Fsp3) is 0.238. The quantitative estimate of drug-likeness (QED) is 0.685. The van der Waals surface area contributed by atoms with Gasteiger partial charge in [-0.25, -0.2) is 4.68 Å². The summed E-state index contributed by atoms with van der Waals surface area (Å²) in [4.78, 5) is 12.5. The zero-order chi connectivity index (χ0) is 19.4. The fourth-order valence-electron chi connectivity index (χ4n) is 2.92. The Morgan fingerprint density at radius 1 is 1.19 bits per heavy atom. The Bertz CT molecular complexity index is 934. The van der Waals surface area contributed by atoms with Crippen molar-refractivity contribution in [2.75, 3.05) is 11.9 Å². The van der Waals surface area contributed by atoms with Gasteiger partial charge in [-0.3, -0.25) is 4.79 Å². The first kappa shape index (κ1) is 19.1. The minimum atomic E-state index is -0.0813. The van der Waals surface area contributed by atoms with E-state index < -0.39 is 0 Å². The second-order valence-corrected chi connectivity index (χ2v) is 7.12. The Morgan fingerprint density at radius 3 is 2.59 bits per heavy atom. The number of aromatic nitrogens is 2. The van der Waals surface area contributed by atoms with E-state index in [1.54, 1.807) is 4.68 Å². The van der Waals surface area contributed by atoms with Crippen molar-refractivity contribution >= 4 is 23.3 Å². The largest absolute Gasteiger partial charge is 0.332 e. The lowest BCUT2D eigenvalue weighted by atomic mass is 10.1. The van der Waals surface area contributed by atoms with Crippen LogP contribution in [0.3, 0.4) is 0 Å². The molecule has 0 unspecified atom stereocenters. The molecule has 1 heterocycles. The van der Waals surface area contributed by atoms with Crippen LogP contribution in [0.5, 0.6) is 0 Å². The van der Waals surface area contributed by atoms with E-state index in [1.807, 2.05) is 80.7 Å². The molecular weight excluding hydrogens is 360 g/mol. The molecule has 0 aliphatic heterocycles. The molecule has 0 spiro atoms. The maximum atomic E-state index is 12.5. The van der Waals surface area contributed by atoms with Gasteiger partial charge in [-0.05, 0) is 39.0 Å². The maximum Gasteiger partial charge on any atom is 0.280 e. The lowest BCUT2D eigenvalue weighted by Gasteiger charge is -2.13. The van der Waals surface area contributed by atoms with Crippen molar-refractivity contribution < 1.29 is 10.1 Å². The summed E-state index contributed by atoms with van der Waals surface area (Å²) in [5.74, 6) is 0.585. The molecule has 0 bridgehead atoms. The average Bonchev–Trinajstić information content (AvgIpc) is 3.01. The van der Waals surface area contributed by atoms with Crippen molar-refractivity contribution in [1.82, 2.24) is 9.78 Å². The number of nitrogens with zero attached hydrogens (tertiary/aromatic N) is 2. The zero-order valence-electron chi connectivity index (χ0n) is 15.7. The first-order valence-corrected chi connectivity index (χ1v) is 9.33. The van der Waals surface area contributed by atoms with Crippen LogP contribution in [0.2, 0.25) is 5.02 Å². The summed E-state index contributed by atoms with van der Waals surface area (Å²) in [6.45, 7) is 6.28. The molecule has 0 aliphatic carbocycles. The summed E-state index contributed by atoms with van der Waals surface area (Å²) in [6.07, 6.45) is 0. The van der Waals surface area contributed by atoms with Crippen LogP contribution >= 0.6 is 11.6 Å². The lowest BCUT2D eigenvalue weighted by molar-refractivity contribution is -0.682. The molecule has 2 aromatic carbocycles. The van der Waals surface area contributed by atoms with Gasteiger partial charge >= 0.3 is 0 Å². The highest BCUT2D eigenvalue weighted by molar-refractivity contribution is 6.31. The number of nitrogens with two attached hydrogens (primary N) is 1. The number of aryl methyl sites for hydroxylation is 2. The first-order valence-electron chi connectivity index (χ1n) is 8.95. The highest BCUT2D eigenvalue weighted by atomic mass is 35.5. The van der Waals surface area contributed by atoms with Crippen molar-refractivity contribution in [3.8, 4) is 5.69 Å². The predicted octanol–water partition coefficient (Wildman–Crippen LogP) is 3.41. The van der Waals surface area contributed by atoms with E-state index in [4.69, 9.17) is 11.6 Å². The maximum absolute atomic E-state index is 12.5. The first-order chi connectivity index (χ1) is 12.9. The minimum absolute atomic E-state index is 0.0813. The van der Waals surface area contributed by atoms with Crippen LogP contribution in [-0.4, -0.2) is 22.2 Å². The third-order valence-electron chi connectivity index (χ3n) is 4.43. The van der Waals surface area contributed by atoms with Crippen LogP contribution in [0, 0.1) is 13.8 Å². The SMILES string of the molecule is Cc1ccc(-n2nc(C)cc2NC(=O)C[NH2+][C@@H](C)c2ccccc2Cl)cc1. The molecule has 0 radical (unpaired) electrons. The van der Waals surface area contributed by atoms with E-state index in [-0.39, 0.29) is 11.9 Å². The van der Waals surface area contributed by atoms with Crippen molar-refractivity contribution in [2.24, 2.45) is 0 Å². The molecule has 5 nitrogen and oxygen atoms in total. The number of halogens is 1. The number of hydrogen-bond acceptors (Lipinski definition) is 2. The van der Waals surface area contributed by atoms with Gasteiger partial charge in [0, 0.05) is 16.7 Å². The van der Waals surface area contributed by atoms with Gasteiger partial charge in [0.15, 0.2) is 6.54 Å². The molecule has 1 amide bonds. The molecule has 140 valence electrons. The molecule has 3 aromatic rings. The number of anilines is 1. The van der Waals surface area contributed by atoms with Crippen LogP contribution in [0.4, 0.5) is 5.82 Å². The third-order valence-corrected chi connectivity index (χ3v) is 4.77. The van der Waals surface area contributed by atoms with Crippen molar-refractivity contribution in [2.45, 2.75) is 26.8 Å². The molecule has 3 rings (SSSR count). The molecule has 1 aromatic heterocycles. The average molecular weight is 384 g/mol. The molecule has 3 N–H and O–H groups in total. The standard InChI is InChI=1S/C21H23ClN4O/c1-14-8-10-17(11-9-14)26-20(12-15(2)25-26)24-21(27)13-23-16(3)18-6-4-5-7-19(18)22/h4-12,16,23H,13H2,1-3H3,(H,24,27)/p+1/t16-/m0/s1. The molecule has 27 heavy (non-hydrogen) atoms. The molecule has 0 aliphatic rings. The third kappa shape index (κ3) is 4.76. The topological polar surface area (TPSA) is 63.5 Å². The summed E-state index contributed by atoms with van der Waals surface area (Å²) in [5.41, 5.74) is 3.96. The van der Waals surface area contributed by atoms with Gasteiger partial charge in [-0.1, -0.05) is 47.5 Å². The van der Waals surface area contributed by atoms with Gasteiger partial charge in [0.1, 0.15) is 11.9 Å². The van der Waals surface area contributed by atoms with Crippen LogP contribution < -0.4 is 10.6 Å². The second-order valence-electron chi connectivity index (χ2n) is 6.72. The smallest absolute Gasteiger partial charge is 0.280 e. The van der Waals surface area contributed by atoms with Gasteiger partial charge in [-0.15, -0.1) is 0 Å². The normalized spacial score (nSPS) is 12.0. The molecular formula is C21H24ClN4O+. The highest BCUT2D eigenvalue weighted by Gasteiger charge is 2.16. The Morgan fingerprint density at radius 2 is 1.89 bits per heavy atom. The second kappa shape index (κ2) is 8.37. The van der Waals surface area contributed by atoms with Crippen molar-refractivity contribution in [1.29, 1.82) is 0 Å². The van der Waals surface area contributed by atoms with E-state index in [0.29, 0.717) is 12.4 Å². The van der Waals surface area contributed by atoms with Crippen LogP contribution in [0.15, 0.2) is 54.6 Å². The number of nitrogens with one attached hydrogen (secondary N) is 1. The van der Waals surface area contributed by atoms with Gasteiger partial charge < -0.3 is 10.6 Å². The summed E-state index contributed by atoms with van der Waals surface area (Å²) in [5, 5.41) is 10.1. The number of carbonyl (C=O) groups is 1. The molecule has 0 saturated carbocycles. The Labute approximate surface area is 164 Å². The molecule has 0 saturated heterocycles. The molecule has 0 fully saturated rings. The molecule has 1 atom stereocenters. The lowest BCUT2D eigenvalue weighted by Crippen LogP contribution is -2.86. The Balaban J connectivity index is 1.66. The predicted molar refractivity (Wildman–Crippen MR) is 108 cm³/mol.